The zero-order valence-electron chi connectivity index (χ0n) is 20.3. The van der Waals surface area contributed by atoms with Crippen LogP contribution in [0.5, 0.6) is 0 Å². The van der Waals surface area contributed by atoms with Gasteiger partial charge in [-0.15, -0.1) is 0 Å². The van der Waals surface area contributed by atoms with E-state index in [1.54, 1.807) is 0 Å². The summed E-state index contributed by atoms with van der Waals surface area (Å²) in [5, 5.41) is 14.2. The molecular formula is C23H31F6N3O5. The van der Waals surface area contributed by atoms with Crippen LogP contribution in [0.1, 0.15) is 26.2 Å². The third kappa shape index (κ3) is 12.7. The summed E-state index contributed by atoms with van der Waals surface area (Å²) in [6, 6.07) is 10.5. The number of para-hydroxylation sites is 1. The number of aliphatic carboxylic acids is 2. The lowest BCUT2D eigenvalue weighted by Crippen LogP contribution is -2.49. The molecule has 0 radical (unpaired) electrons. The molecule has 1 unspecified atom stereocenters. The van der Waals surface area contributed by atoms with Crippen LogP contribution in [-0.2, 0) is 14.4 Å². The highest BCUT2D eigenvalue weighted by atomic mass is 19.4. The molecule has 210 valence electrons. The topological polar surface area (TPSA) is 101 Å². The van der Waals surface area contributed by atoms with Crippen LogP contribution >= 0.6 is 0 Å². The first-order valence-corrected chi connectivity index (χ1v) is 11.5. The Labute approximate surface area is 210 Å². The van der Waals surface area contributed by atoms with Crippen molar-refractivity contribution in [2.45, 2.75) is 38.5 Å². The fourth-order valence-electron chi connectivity index (χ4n) is 3.75. The second-order valence-electron chi connectivity index (χ2n) is 8.61. The number of piperidine rings is 1. The third-order valence-electron chi connectivity index (χ3n) is 5.62. The van der Waals surface area contributed by atoms with E-state index in [4.69, 9.17) is 19.8 Å². The second-order valence-corrected chi connectivity index (χ2v) is 8.61. The minimum atomic E-state index is -5.08. The Kier molecular flexibility index (Phi) is 12.7. The van der Waals surface area contributed by atoms with Gasteiger partial charge in [-0.25, -0.2) is 9.59 Å². The van der Waals surface area contributed by atoms with Crippen LogP contribution in [0.25, 0.3) is 0 Å². The van der Waals surface area contributed by atoms with Gasteiger partial charge >= 0.3 is 24.3 Å². The Morgan fingerprint density at radius 3 is 1.78 bits per heavy atom. The van der Waals surface area contributed by atoms with Crippen LogP contribution in [0.3, 0.4) is 0 Å². The maximum Gasteiger partial charge on any atom is 0.490 e. The van der Waals surface area contributed by atoms with Crippen LogP contribution < -0.4 is 4.90 Å². The van der Waals surface area contributed by atoms with Crippen LogP contribution in [-0.4, -0.2) is 96.0 Å². The van der Waals surface area contributed by atoms with Gasteiger partial charge in [0.25, 0.3) is 0 Å². The molecule has 0 saturated carbocycles. The van der Waals surface area contributed by atoms with Gasteiger partial charge < -0.3 is 24.9 Å². The van der Waals surface area contributed by atoms with Crippen LogP contribution in [0, 0.1) is 5.92 Å². The number of carboxylic acids is 2. The van der Waals surface area contributed by atoms with E-state index >= 15 is 0 Å². The van der Waals surface area contributed by atoms with Crippen LogP contribution in [0.2, 0.25) is 0 Å². The maximum atomic E-state index is 12.4. The van der Waals surface area contributed by atoms with Crippen molar-refractivity contribution in [3.8, 4) is 0 Å². The number of halogens is 6. The monoisotopic (exact) mass is 543 g/mol. The predicted octanol–water partition coefficient (Wildman–Crippen LogP) is 3.72. The number of amides is 1. The van der Waals surface area contributed by atoms with Crippen LogP contribution in [0.15, 0.2) is 30.3 Å². The predicted molar refractivity (Wildman–Crippen MR) is 122 cm³/mol. The molecule has 1 amide bonds. The SMILES string of the molecule is CC1CCCN(CCC(=O)N2CCN(c3ccccc3)CC2)C1.O=C(O)C(F)(F)F.O=C(O)C(F)(F)F. The Balaban J connectivity index is 0.000000404. The number of carboxylic acid groups (broad SMARTS) is 2. The molecule has 37 heavy (non-hydrogen) atoms. The average Bonchev–Trinajstić information content (AvgIpc) is 2.83. The summed E-state index contributed by atoms with van der Waals surface area (Å²) in [7, 11) is 0. The fraction of sp³-hybridized carbons (Fsp3) is 0.609. The van der Waals surface area contributed by atoms with E-state index in [0.29, 0.717) is 12.3 Å². The second kappa shape index (κ2) is 14.6. The van der Waals surface area contributed by atoms with Gasteiger partial charge in [-0.05, 0) is 37.4 Å². The Morgan fingerprint density at radius 1 is 0.865 bits per heavy atom. The number of anilines is 1. The summed E-state index contributed by atoms with van der Waals surface area (Å²) in [6.45, 7) is 9.16. The molecular weight excluding hydrogens is 512 g/mol. The van der Waals surface area contributed by atoms with Crippen molar-refractivity contribution in [2.75, 3.05) is 50.7 Å². The van der Waals surface area contributed by atoms with Crippen molar-refractivity contribution < 1.29 is 50.9 Å². The summed E-state index contributed by atoms with van der Waals surface area (Å²) >= 11 is 0. The van der Waals surface area contributed by atoms with E-state index in [2.05, 4.69) is 41.0 Å². The Hall–Kier alpha value is -3.03. The van der Waals surface area contributed by atoms with Gasteiger partial charge in [0.05, 0.1) is 0 Å². The molecule has 2 fully saturated rings. The minimum absolute atomic E-state index is 0.330. The first-order valence-electron chi connectivity index (χ1n) is 11.5. The number of alkyl halides is 6. The molecule has 0 spiro atoms. The molecule has 2 aliphatic heterocycles. The molecule has 2 heterocycles. The van der Waals surface area contributed by atoms with E-state index in [0.717, 1.165) is 45.2 Å². The highest BCUT2D eigenvalue weighted by Gasteiger charge is 2.38. The molecule has 8 nitrogen and oxygen atoms in total. The van der Waals surface area contributed by atoms with Crippen molar-refractivity contribution >= 4 is 23.5 Å². The van der Waals surface area contributed by atoms with Gasteiger partial charge in [0.15, 0.2) is 0 Å². The molecule has 2 aliphatic rings. The minimum Gasteiger partial charge on any atom is -0.475 e. The van der Waals surface area contributed by atoms with E-state index in [1.807, 2.05) is 11.0 Å². The standard InChI is InChI=1S/C19H29N3O.2C2HF3O2/c1-17-6-5-10-20(16-17)11-9-19(23)22-14-12-21(13-15-22)18-7-3-2-4-8-18;2*3-2(4,5)1(6)7/h2-4,7-8,17H,5-6,9-16H2,1H3;2*(H,6,7). The molecule has 0 bridgehead atoms. The number of benzene rings is 1. The highest BCUT2D eigenvalue weighted by Crippen LogP contribution is 2.18. The maximum absolute atomic E-state index is 12.4. The van der Waals surface area contributed by atoms with Crippen LogP contribution in [0.4, 0.5) is 32.0 Å². The molecule has 14 heteroatoms. The van der Waals surface area contributed by atoms with Gasteiger partial charge in [0.2, 0.25) is 5.91 Å². The number of carbonyl (C=O) groups is 3. The molecule has 2 N–H and O–H groups in total. The van der Waals surface area contributed by atoms with Crippen molar-refractivity contribution in [3.63, 3.8) is 0 Å². The Morgan fingerprint density at radius 2 is 1.35 bits per heavy atom. The van der Waals surface area contributed by atoms with E-state index in [-0.39, 0.29) is 0 Å². The normalized spacial score (nSPS) is 18.6. The molecule has 0 aromatic heterocycles. The zero-order chi connectivity index (χ0) is 28.2. The molecule has 2 saturated heterocycles. The third-order valence-corrected chi connectivity index (χ3v) is 5.62. The summed E-state index contributed by atoms with van der Waals surface area (Å²) in [4.78, 5) is 37.1. The lowest BCUT2D eigenvalue weighted by molar-refractivity contribution is -0.193. The quantitative estimate of drug-likeness (QED) is 0.559. The first kappa shape index (κ1) is 32.0. The van der Waals surface area contributed by atoms with Gasteiger partial charge in [-0.1, -0.05) is 25.1 Å². The number of piperazine rings is 1. The first-order chi connectivity index (χ1) is 17.1. The average molecular weight is 544 g/mol. The summed E-state index contributed by atoms with van der Waals surface area (Å²) in [5.41, 5.74) is 1.27. The lowest BCUT2D eigenvalue weighted by atomic mass is 10.0. The van der Waals surface area contributed by atoms with Crippen molar-refractivity contribution in [1.82, 2.24) is 9.80 Å². The van der Waals surface area contributed by atoms with Gasteiger partial charge in [-0.3, -0.25) is 4.79 Å². The van der Waals surface area contributed by atoms with Gasteiger partial charge in [0, 0.05) is 51.4 Å². The largest absolute Gasteiger partial charge is 0.490 e. The van der Waals surface area contributed by atoms with E-state index < -0.39 is 24.3 Å². The molecule has 0 aliphatic carbocycles. The zero-order valence-corrected chi connectivity index (χ0v) is 20.3. The smallest absolute Gasteiger partial charge is 0.475 e. The fourth-order valence-corrected chi connectivity index (χ4v) is 3.75. The molecule has 3 rings (SSSR count). The summed E-state index contributed by atoms with van der Waals surface area (Å²) < 4.78 is 63.5. The van der Waals surface area contributed by atoms with Crippen molar-refractivity contribution in [1.29, 1.82) is 0 Å². The summed E-state index contributed by atoms with van der Waals surface area (Å²) in [5.74, 6) is -4.40. The lowest BCUT2D eigenvalue weighted by Gasteiger charge is -2.37. The number of likely N-dealkylation sites (tertiary alicyclic amines) is 1. The number of carbonyl (C=O) groups excluding carboxylic acids is 1. The molecule has 1 aromatic carbocycles. The summed E-state index contributed by atoms with van der Waals surface area (Å²) in [6.07, 6.45) is -6.87. The van der Waals surface area contributed by atoms with Gasteiger partial charge in [0.1, 0.15) is 0 Å². The van der Waals surface area contributed by atoms with Crippen molar-refractivity contribution in [2.24, 2.45) is 5.92 Å². The number of rotatable bonds is 4. The number of nitrogens with zero attached hydrogens (tertiary/aromatic N) is 3. The van der Waals surface area contributed by atoms with E-state index in [1.165, 1.54) is 25.1 Å². The van der Waals surface area contributed by atoms with E-state index in [9.17, 15) is 31.1 Å². The Bertz CT molecular complexity index is 835. The highest BCUT2D eigenvalue weighted by molar-refractivity contribution is 5.76. The van der Waals surface area contributed by atoms with Gasteiger partial charge in [-0.2, -0.15) is 26.3 Å². The van der Waals surface area contributed by atoms with Crippen molar-refractivity contribution in [3.05, 3.63) is 30.3 Å². The number of hydrogen-bond donors (Lipinski definition) is 2. The number of hydrogen-bond acceptors (Lipinski definition) is 5. The molecule has 1 atom stereocenters. The molecule has 1 aromatic rings.